The number of aliphatic hydroxyl groups is 1. The van der Waals surface area contributed by atoms with Crippen LogP contribution in [0.25, 0.3) is 0 Å². The first-order valence-electron chi connectivity index (χ1n) is 13.0. The maximum Gasteiger partial charge on any atom is 0.176 e. The molecule has 3 heterocycles. The molecule has 3 saturated heterocycles. The van der Waals surface area contributed by atoms with Crippen LogP contribution in [0, 0.1) is 17.8 Å². The van der Waals surface area contributed by atoms with Crippen molar-refractivity contribution in [1.29, 1.82) is 0 Å². The standard InChI is InChI=1S/C32H35NO3/c1-35-31(25-33-22-18-27(31)19-23-33)20-21-32(34,28-12-6-3-7-13-28)29-14-16-30(17-15-29)36-24-8-11-26-9-4-2-5-10-26/h2-7,9-10,12-17,27,34H,8,11,18-19,22-25H2,1H3/t31-,32?/m1/s1. The van der Waals surface area contributed by atoms with E-state index < -0.39 is 11.2 Å². The van der Waals surface area contributed by atoms with Crippen molar-refractivity contribution in [3.05, 3.63) is 102 Å². The van der Waals surface area contributed by atoms with Gasteiger partial charge in [0.05, 0.1) is 6.61 Å². The Kier molecular flexibility index (Phi) is 7.43. The van der Waals surface area contributed by atoms with Gasteiger partial charge in [0.15, 0.2) is 5.60 Å². The fourth-order valence-electron chi connectivity index (χ4n) is 5.53. The van der Waals surface area contributed by atoms with Crippen molar-refractivity contribution < 1.29 is 14.6 Å². The van der Waals surface area contributed by atoms with E-state index in [4.69, 9.17) is 9.47 Å². The lowest BCUT2D eigenvalue weighted by Gasteiger charge is -2.49. The molecule has 0 amide bonds. The quantitative estimate of drug-likeness (QED) is 0.361. The normalized spacial score (nSPS) is 24.4. The topological polar surface area (TPSA) is 41.9 Å². The van der Waals surface area contributed by atoms with Crippen LogP contribution in [0.1, 0.15) is 36.0 Å². The number of hydrogen-bond donors (Lipinski definition) is 1. The Hall–Kier alpha value is -3.10. The van der Waals surface area contributed by atoms with Crippen LogP contribution in [-0.2, 0) is 16.8 Å². The molecule has 186 valence electrons. The molecule has 1 N–H and O–H groups in total. The van der Waals surface area contributed by atoms with E-state index in [2.05, 4.69) is 41.0 Å². The third-order valence-electron chi connectivity index (χ3n) is 7.71. The van der Waals surface area contributed by atoms with Crippen molar-refractivity contribution in [1.82, 2.24) is 4.90 Å². The second kappa shape index (κ2) is 10.9. The SMILES string of the molecule is CO[C@]1(C#CC(O)(c2ccccc2)c2ccc(OCCCc3ccccc3)cc2)CN2CCC1CC2. The van der Waals surface area contributed by atoms with Gasteiger partial charge in [0, 0.05) is 30.7 Å². The monoisotopic (exact) mass is 481 g/mol. The van der Waals surface area contributed by atoms with Gasteiger partial charge in [0.25, 0.3) is 0 Å². The fraction of sp³-hybridized carbons (Fsp3) is 0.375. The van der Waals surface area contributed by atoms with Gasteiger partial charge in [-0.1, -0.05) is 84.6 Å². The summed E-state index contributed by atoms with van der Waals surface area (Å²) < 4.78 is 12.0. The Morgan fingerprint density at radius 2 is 1.56 bits per heavy atom. The first-order valence-corrected chi connectivity index (χ1v) is 13.0. The second-order valence-corrected chi connectivity index (χ2v) is 9.93. The minimum Gasteiger partial charge on any atom is -0.494 e. The average molecular weight is 482 g/mol. The molecular formula is C32H35NO3. The number of nitrogens with zero attached hydrogens (tertiary/aromatic N) is 1. The van der Waals surface area contributed by atoms with Gasteiger partial charge >= 0.3 is 0 Å². The van der Waals surface area contributed by atoms with E-state index in [1.54, 1.807) is 7.11 Å². The minimum absolute atomic E-state index is 0.395. The summed E-state index contributed by atoms with van der Waals surface area (Å²) in [6.07, 6.45) is 4.11. The van der Waals surface area contributed by atoms with Crippen molar-refractivity contribution in [2.24, 2.45) is 5.92 Å². The van der Waals surface area contributed by atoms with E-state index >= 15 is 0 Å². The van der Waals surface area contributed by atoms with Crippen LogP contribution in [0.2, 0.25) is 0 Å². The van der Waals surface area contributed by atoms with Crippen molar-refractivity contribution in [2.45, 2.75) is 36.9 Å². The third-order valence-corrected chi connectivity index (χ3v) is 7.71. The molecule has 36 heavy (non-hydrogen) atoms. The van der Waals surface area contributed by atoms with Gasteiger partial charge in [-0.3, -0.25) is 4.90 Å². The molecule has 3 aliphatic heterocycles. The molecule has 2 bridgehead atoms. The van der Waals surface area contributed by atoms with Gasteiger partial charge in [0.1, 0.15) is 11.4 Å². The summed E-state index contributed by atoms with van der Waals surface area (Å²) in [5, 5.41) is 12.0. The van der Waals surface area contributed by atoms with Gasteiger partial charge in [0.2, 0.25) is 0 Å². The van der Waals surface area contributed by atoms with Crippen molar-refractivity contribution >= 4 is 0 Å². The van der Waals surface area contributed by atoms with E-state index in [1.165, 1.54) is 5.56 Å². The third kappa shape index (κ3) is 5.20. The number of methoxy groups -OCH3 is 1. The molecule has 0 aromatic heterocycles. The van der Waals surface area contributed by atoms with E-state index in [-0.39, 0.29) is 0 Å². The Morgan fingerprint density at radius 1 is 0.917 bits per heavy atom. The zero-order valence-electron chi connectivity index (χ0n) is 21.0. The second-order valence-electron chi connectivity index (χ2n) is 9.93. The highest BCUT2D eigenvalue weighted by atomic mass is 16.5. The van der Waals surface area contributed by atoms with Crippen molar-refractivity contribution in [3.8, 4) is 17.6 Å². The summed E-state index contributed by atoms with van der Waals surface area (Å²) in [5.74, 6) is 7.90. The van der Waals surface area contributed by atoms with Crippen LogP contribution in [0.4, 0.5) is 0 Å². The van der Waals surface area contributed by atoms with Crippen molar-refractivity contribution in [3.63, 3.8) is 0 Å². The predicted octanol–water partition coefficient (Wildman–Crippen LogP) is 5.05. The number of aryl methyl sites for hydroxylation is 1. The maximum absolute atomic E-state index is 12.0. The smallest absolute Gasteiger partial charge is 0.176 e. The molecular weight excluding hydrogens is 446 g/mol. The van der Waals surface area contributed by atoms with E-state index in [1.807, 2.05) is 60.7 Å². The van der Waals surface area contributed by atoms with Gasteiger partial charge in [-0.2, -0.15) is 0 Å². The van der Waals surface area contributed by atoms with E-state index in [0.717, 1.165) is 62.2 Å². The predicted molar refractivity (Wildman–Crippen MR) is 143 cm³/mol. The Labute approximate surface area is 214 Å². The summed E-state index contributed by atoms with van der Waals surface area (Å²) in [4.78, 5) is 2.42. The highest BCUT2D eigenvalue weighted by molar-refractivity contribution is 5.47. The van der Waals surface area contributed by atoms with Crippen LogP contribution in [0.3, 0.4) is 0 Å². The molecule has 4 heteroatoms. The molecule has 3 aromatic rings. The molecule has 3 fully saturated rings. The molecule has 0 radical (unpaired) electrons. The first kappa shape index (κ1) is 24.6. The Morgan fingerprint density at radius 3 is 2.17 bits per heavy atom. The number of hydrogen-bond acceptors (Lipinski definition) is 4. The largest absolute Gasteiger partial charge is 0.494 e. The van der Waals surface area contributed by atoms with Gasteiger partial charge in [-0.15, -0.1) is 0 Å². The zero-order valence-corrected chi connectivity index (χ0v) is 21.0. The summed E-state index contributed by atoms with van der Waals surface area (Å²) >= 11 is 0. The van der Waals surface area contributed by atoms with E-state index in [0.29, 0.717) is 12.5 Å². The number of benzene rings is 3. The summed E-state index contributed by atoms with van der Waals surface area (Å²) in [5.41, 5.74) is 0.817. The van der Waals surface area contributed by atoms with Crippen LogP contribution in [0.5, 0.6) is 5.75 Å². The molecule has 2 atom stereocenters. The Balaban J connectivity index is 1.34. The van der Waals surface area contributed by atoms with Crippen LogP contribution in [-0.4, -0.2) is 49.0 Å². The molecule has 3 aliphatic rings. The number of rotatable bonds is 8. The van der Waals surface area contributed by atoms with Gasteiger partial charge in [-0.05, 0) is 56.5 Å². The molecule has 4 nitrogen and oxygen atoms in total. The minimum atomic E-state index is -1.44. The van der Waals surface area contributed by atoms with Gasteiger partial charge < -0.3 is 14.6 Å². The highest BCUT2D eigenvalue weighted by Crippen LogP contribution is 2.38. The summed E-state index contributed by atoms with van der Waals surface area (Å²) in [6.45, 7) is 3.65. The molecule has 0 spiro atoms. The zero-order chi connectivity index (χ0) is 24.8. The first-order chi connectivity index (χ1) is 17.6. The van der Waals surface area contributed by atoms with Crippen molar-refractivity contribution in [2.75, 3.05) is 33.4 Å². The van der Waals surface area contributed by atoms with Crippen LogP contribution < -0.4 is 4.74 Å². The summed E-state index contributed by atoms with van der Waals surface area (Å²) in [7, 11) is 1.75. The molecule has 0 aliphatic carbocycles. The number of fused-ring (bicyclic) bond motifs is 3. The molecule has 3 aromatic carbocycles. The fourth-order valence-corrected chi connectivity index (χ4v) is 5.53. The van der Waals surface area contributed by atoms with E-state index in [9.17, 15) is 5.11 Å². The van der Waals surface area contributed by atoms with Gasteiger partial charge in [-0.25, -0.2) is 0 Å². The highest BCUT2D eigenvalue weighted by Gasteiger charge is 2.46. The Bertz CT molecular complexity index is 1180. The molecule has 0 saturated carbocycles. The number of ether oxygens (including phenoxy) is 2. The number of piperidine rings is 3. The lowest BCUT2D eigenvalue weighted by atomic mass is 9.75. The lowest BCUT2D eigenvalue weighted by Crippen LogP contribution is -2.59. The van der Waals surface area contributed by atoms with Crippen LogP contribution in [0.15, 0.2) is 84.9 Å². The molecule has 1 unspecified atom stereocenters. The lowest BCUT2D eigenvalue weighted by molar-refractivity contribution is -0.0964. The average Bonchev–Trinajstić information content (AvgIpc) is 2.96. The summed E-state index contributed by atoms with van der Waals surface area (Å²) in [6, 6.07) is 27.8. The maximum atomic E-state index is 12.0. The van der Waals surface area contributed by atoms with Crippen LogP contribution >= 0.6 is 0 Å². The molecule has 6 rings (SSSR count).